The molecule has 0 amide bonds. The van der Waals surface area contributed by atoms with Crippen LogP contribution in [0.2, 0.25) is 0 Å². The molecule has 1 aliphatic heterocycles. The SMILES string of the molecule is Cl.O=C(c1ccccc1)n1nc(N2CCN(CCCC(c3ccc(F)cc3)c3ccc(F)cc3)CC2)c2ccc(F)cc21. The minimum atomic E-state index is -0.416. The molecule has 222 valence electrons. The summed E-state index contributed by atoms with van der Waals surface area (Å²) in [7, 11) is 0. The molecule has 0 bridgehead atoms. The zero-order chi connectivity index (χ0) is 29.1. The predicted molar refractivity (Wildman–Crippen MR) is 166 cm³/mol. The number of rotatable bonds is 8. The quantitative estimate of drug-likeness (QED) is 0.186. The Bertz CT molecular complexity index is 1620. The van der Waals surface area contributed by atoms with E-state index in [9.17, 15) is 18.0 Å². The zero-order valence-corrected chi connectivity index (χ0v) is 24.3. The van der Waals surface area contributed by atoms with Crippen LogP contribution in [0.5, 0.6) is 0 Å². The minimum Gasteiger partial charge on any atom is -0.352 e. The topological polar surface area (TPSA) is 41.4 Å². The van der Waals surface area contributed by atoms with Crippen molar-refractivity contribution >= 4 is 35.0 Å². The van der Waals surface area contributed by atoms with Crippen molar-refractivity contribution in [3.05, 3.63) is 131 Å². The summed E-state index contributed by atoms with van der Waals surface area (Å²) in [5.41, 5.74) is 2.96. The van der Waals surface area contributed by atoms with E-state index in [1.807, 2.05) is 6.07 Å². The van der Waals surface area contributed by atoms with Crippen LogP contribution in [-0.4, -0.2) is 53.3 Å². The lowest BCUT2D eigenvalue weighted by molar-refractivity contribution is 0.0950. The molecule has 1 aromatic heterocycles. The van der Waals surface area contributed by atoms with Crippen molar-refractivity contribution in [1.82, 2.24) is 14.7 Å². The van der Waals surface area contributed by atoms with E-state index in [1.165, 1.54) is 41.1 Å². The molecule has 1 aliphatic rings. The first-order valence-corrected chi connectivity index (χ1v) is 14.2. The summed E-state index contributed by atoms with van der Waals surface area (Å²) in [6.07, 6.45) is 1.77. The number of aromatic nitrogens is 2. The first kappa shape index (κ1) is 30.3. The van der Waals surface area contributed by atoms with Crippen molar-refractivity contribution in [3.8, 4) is 0 Å². The predicted octanol–water partition coefficient (Wildman–Crippen LogP) is 7.30. The van der Waals surface area contributed by atoms with Crippen molar-refractivity contribution in [2.24, 2.45) is 0 Å². The second kappa shape index (κ2) is 13.4. The van der Waals surface area contributed by atoms with Crippen LogP contribution in [0, 0.1) is 17.5 Å². The third kappa shape index (κ3) is 6.76. The molecule has 0 spiro atoms. The number of nitrogens with zero attached hydrogens (tertiary/aromatic N) is 4. The van der Waals surface area contributed by atoms with Gasteiger partial charge in [0.1, 0.15) is 17.5 Å². The Hall–Kier alpha value is -4.14. The third-order valence-electron chi connectivity index (χ3n) is 8.02. The highest BCUT2D eigenvalue weighted by Crippen LogP contribution is 2.31. The van der Waals surface area contributed by atoms with Gasteiger partial charge in [0.15, 0.2) is 5.82 Å². The standard InChI is InChI=1S/C34H31F3N4O.ClH/c35-27-12-8-24(9-13-27)30(25-10-14-28(36)15-11-25)7-4-18-39-19-21-40(22-20-39)33-31-17-16-29(37)23-32(31)41(38-33)34(42)26-5-2-1-3-6-26;/h1-3,5-6,8-17,23,30H,4,7,18-22H2;1H. The number of halogens is 4. The molecule has 9 heteroatoms. The summed E-state index contributed by atoms with van der Waals surface area (Å²) in [6, 6.07) is 26.4. The zero-order valence-electron chi connectivity index (χ0n) is 23.5. The normalized spacial score (nSPS) is 13.8. The van der Waals surface area contributed by atoms with E-state index in [-0.39, 0.29) is 35.9 Å². The molecule has 0 atom stereocenters. The van der Waals surface area contributed by atoms with Crippen molar-refractivity contribution in [1.29, 1.82) is 0 Å². The molecular weight excluding hydrogens is 573 g/mol. The molecule has 0 N–H and O–H groups in total. The van der Waals surface area contributed by atoms with E-state index in [1.54, 1.807) is 54.6 Å². The molecule has 1 fully saturated rings. The van der Waals surface area contributed by atoms with Gasteiger partial charge < -0.3 is 4.90 Å². The molecule has 5 aromatic rings. The van der Waals surface area contributed by atoms with E-state index in [0.29, 0.717) is 16.9 Å². The largest absolute Gasteiger partial charge is 0.352 e. The second-order valence-corrected chi connectivity index (χ2v) is 10.7. The van der Waals surface area contributed by atoms with Crippen LogP contribution in [0.4, 0.5) is 19.0 Å². The minimum absolute atomic E-state index is 0. The van der Waals surface area contributed by atoms with Gasteiger partial charge in [0, 0.05) is 49.1 Å². The van der Waals surface area contributed by atoms with Crippen molar-refractivity contribution < 1.29 is 18.0 Å². The molecule has 43 heavy (non-hydrogen) atoms. The van der Waals surface area contributed by atoms with Crippen molar-refractivity contribution in [3.63, 3.8) is 0 Å². The number of fused-ring (bicyclic) bond motifs is 1. The number of carbonyl (C=O) groups is 1. The lowest BCUT2D eigenvalue weighted by Crippen LogP contribution is -2.47. The van der Waals surface area contributed by atoms with Gasteiger partial charge in [-0.15, -0.1) is 17.5 Å². The van der Waals surface area contributed by atoms with Crippen LogP contribution >= 0.6 is 12.4 Å². The summed E-state index contributed by atoms with van der Waals surface area (Å²) < 4.78 is 42.7. The highest BCUT2D eigenvalue weighted by molar-refractivity contribution is 6.04. The maximum absolute atomic E-state index is 14.2. The second-order valence-electron chi connectivity index (χ2n) is 10.7. The Balaban J connectivity index is 0.00000368. The van der Waals surface area contributed by atoms with E-state index < -0.39 is 5.82 Å². The van der Waals surface area contributed by atoms with Gasteiger partial charge in [-0.2, -0.15) is 4.68 Å². The Morgan fingerprint density at radius 1 is 0.744 bits per heavy atom. The fraction of sp³-hybridized carbons (Fsp3) is 0.235. The molecule has 0 unspecified atom stereocenters. The fourth-order valence-electron chi connectivity index (χ4n) is 5.78. The number of piperazine rings is 1. The van der Waals surface area contributed by atoms with Crippen LogP contribution in [0.3, 0.4) is 0 Å². The van der Waals surface area contributed by atoms with E-state index in [4.69, 9.17) is 0 Å². The average Bonchev–Trinajstić information content (AvgIpc) is 3.39. The van der Waals surface area contributed by atoms with E-state index in [2.05, 4.69) is 14.9 Å². The lowest BCUT2D eigenvalue weighted by Gasteiger charge is -2.35. The molecule has 2 heterocycles. The molecule has 0 radical (unpaired) electrons. The Labute approximate surface area is 255 Å². The highest BCUT2D eigenvalue weighted by Gasteiger charge is 2.25. The van der Waals surface area contributed by atoms with E-state index in [0.717, 1.165) is 62.1 Å². The summed E-state index contributed by atoms with van der Waals surface area (Å²) in [4.78, 5) is 17.8. The average molecular weight is 605 g/mol. The maximum Gasteiger partial charge on any atom is 0.278 e. The monoisotopic (exact) mass is 604 g/mol. The van der Waals surface area contributed by atoms with Crippen molar-refractivity contribution in [2.45, 2.75) is 18.8 Å². The Morgan fingerprint density at radius 3 is 1.93 bits per heavy atom. The molecule has 0 aliphatic carbocycles. The molecule has 4 aromatic carbocycles. The smallest absolute Gasteiger partial charge is 0.278 e. The number of carbonyl (C=O) groups excluding carboxylic acids is 1. The van der Waals surface area contributed by atoms with Crippen LogP contribution in [0.15, 0.2) is 97.1 Å². The lowest BCUT2D eigenvalue weighted by atomic mass is 9.87. The van der Waals surface area contributed by atoms with Gasteiger partial charge in [0.05, 0.1) is 5.52 Å². The number of hydrogen-bond donors (Lipinski definition) is 0. The third-order valence-corrected chi connectivity index (χ3v) is 8.02. The first-order valence-electron chi connectivity index (χ1n) is 14.2. The Morgan fingerprint density at radius 2 is 1.33 bits per heavy atom. The van der Waals surface area contributed by atoms with Gasteiger partial charge in [-0.05, 0) is 79.0 Å². The molecule has 0 saturated carbocycles. The van der Waals surface area contributed by atoms with Crippen LogP contribution in [-0.2, 0) is 0 Å². The van der Waals surface area contributed by atoms with Gasteiger partial charge in [0.25, 0.3) is 5.91 Å². The van der Waals surface area contributed by atoms with Gasteiger partial charge in [-0.1, -0.05) is 42.5 Å². The molecule has 1 saturated heterocycles. The van der Waals surface area contributed by atoms with Crippen LogP contribution in [0.1, 0.15) is 40.2 Å². The highest BCUT2D eigenvalue weighted by atomic mass is 35.5. The summed E-state index contributed by atoms with van der Waals surface area (Å²) in [5, 5.41) is 5.42. The van der Waals surface area contributed by atoms with Crippen LogP contribution < -0.4 is 4.90 Å². The molecular formula is C34H32ClF3N4O. The maximum atomic E-state index is 14.2. The first-order chi connectivity index (χ1) is 20.5. The molecule has 6 rings (SSSR count). The van der Waals surface area contributed by atoms with Crippen molar-refractivity contribution in [2.75, 3.05) is 37.6 Å². The summed E-state index contributed by atoms with van der Waals surface area (Å²) in [6.45, 7) is 3.98. The van der Waals surface area contributed by atoms with Gasteiger partial charge in [-0.25, -0.2) is 13.2 Å². The fourth-order valence-corrected chi connectivity index (χ4v) is 5.78. The summed E-state index contributed by atoms with van der Waals surface area (Å²) in [5.74, 6) is -0.538. The molecule has 5 nitrogen and oxygen atoms in total. The van der Waals surface area contributed by atoms with E-state index >= 15 is 0 Å². The van der Waals surface area contributed by atoms with Gasteiger partial charge >= 0.3 is 0 Å². The van der Waals surface area contributed by atoms with Gasteiger partial charge in [-0.3, -0.25) is 9.69 Å². The Kier molecular flexibility index (Phi) is 9.48. The van der Waals surface area contributed by atoms with Gasteiger partial charge in [0.2, 0.25) is 0 Å². The van der Waals surface area contributed by atoms with Crippen LogP contribution in [0.25, 0.3) is 10.9 Å². The number of hydrogen-bond acceptors (Lipinski definition) is 4. The number of anilines is 1. The summed E-state index contributed by atoms with van der Waals surface area (Å²) >= 11 is 0. The number of benzene rings is 4.